The van der Waals surface area contributed by atoms with E-state index in [1.807, 2.05) is 11.3 Å². The van der Waals surface area contributed by atoms with Crippen molar-refractivity contribution in [2.75, 3.05) is 6.54 Å². The first-order valence-corrected chi connectivity index (χ1v) is 8.69. The van der Waals surface area contributed by atoms with Crippen molar-refractivity contribution in [1.29, 1.82) is 0 Å². The van der Waals surface area contributed by atoms with Crippen molar-refractivity contribution >= 4 is 11.3 Å². The van der Waals surface area contributed by atoms with Crippen molar-refractivity contribution in [3.05, 3.63) is 40.2 Å². The summed E-state index contributed by atoms with van der Waals surface area (Å²) in [7, 11) is 0. The molecule has 1 N–H and O–H groups in total. The molecular formula is C18H24N2S. The fraction of sp³-hybridized carbons (Fsp3) is 0.500. The zero-order valence-electron chi connectivity index (χ0n) is 13.1. The highest BCUT2D eigenvalue weighted by atomic mass is 32.1. The molecule has 1 heterocycles. The van der Waals surface area contributed by atoms with Crippen LogP contribution in [0.25, 0.3) is 11.3 Å². The minimum atomic E-state index is 0.444. The normalized spacial score (nSPS) is 19.7. The molecule has 0 spiro atoms. The molecule has 112 valence electrons. The maximum absolute atomic E-state index is 5.00. The first kappa shape index (κ1) is 14.7. The Morgan fingerprint density at radius 3 is 2.62 bits per heavy atom. The zero-order valence-corrected chi connectivity index (χ0v) is 14.0. The molecule has 21 heavy (non-hydrogen) atoms. The van der Waals surface area contributed by atoms with E-state index in [-0.39, 0.29) is 0 Å². The largest absolute Gasteiger partial charge is 0.312 e. The summed E-state index contributed by atoms with van der Waals surface area (Å²) in [5.41, 5.74) is 2.87. The molecule has 0 radical (unpaired) electrons. The summed E-state index contributed by atoms with van der Waals surface area (Å²) in [6.45, 7) is 8.89. The number of thiazole rings is 1. The molecule has 1 aromatic carbocycles. The SMILES string of the molecule is CCCNCc1sc(C2CC2(C)C)nc1-c1ccccc1. The van der Waals surface area contributed by atoms with E-state index in [1.54, 1.807) is 0 Å². The second kappa shape index (κ2) is 5.90. The average molecular weight is 300 g/mol. The summed E-state index contributed by atoms with van der Waals surface area (Å²) in [4.78, 5) is 6.38. The fourth-order valence-corrected chi connectivity index (χ4v) is 4.10. The maximum atomic E-state index is 5.00. The summed E-state index contributed by atoms with van der Waals surface area (Å²) in [5.74, 6) is 0.657. The molecule has 1 atom stereocenters. The van der Waals surface area contributed by atoms with Gasteiger partial charge in [-0.1, -0.05) is 51.1 Å². The molecule has 1 aromatic heterocycles. The van der Waals surface area contributed by atoms with Crippen LogP contribution in [-0.2, 0) is 6.54 Å². The van der Waals surface area contributed by atoms with E-state index in [2.05, 4.69) is 56.4 Å². The molecule has 0 aliphatic heterocycles. The molecule has 1 fully saturated rings. The highest BCUT2D eigenvalue weighted by molar-refractivity contribution is 7.12. The van der Waals surface area contributed by atoms with Gasteiger partial charge in [0.05, 0.1) is 10.7 Å². The number of rotatable bonds is 6. The third-order valence-electron chi connectivity index (χ3n) is 4.28. The molecule has 2 aromatic rings. The van der Waals surface area contributed by atoms with Crippen molar-refractivity contribution in [3.8, 4) is 11.3 Å². The lowest BCUT2D eigenvalue weighted by atomic mass is 10.1. The predicted molar refractivity (Wildman–Crippen MR) is 90.7 cm³/mol. The quantitative estimate of drug-likeness (QED) is 0.773. The van der Waals surface area contributed by atoms with Gasteiger partial charge in [0.2, 0.25) is 0 Å². The monoisotopic (exact) mass is 300 g/mol. The van der Waals surface area contributed by atoms with Gasteiger partial charge in [-0.15, -0.1) is 11.3 Å². The first-order valence-electron chi connectivity index (χ1n) is 7.87. The number of benzene rings is 1. The molecule has 1 aliphatic carbocycles. The Labute approximate surface area is 131 Å². The lowest BCUT2D eigenvalue weighted by molar-refractivity contribution is 0.620. The van der Waals surface area contributed by atoms with Gasteiger partial charge in [0.25, 0.3) is 0 Å². The van der Waals surface area contributed by atoms with Crippen LogP contribution in [0.5, 0.6) is 0 Å². The van der Waals surface area contributed by atoms with Gasteiger partial charge in [0, 0.05) is 22.9 Å². The third kappa shape index (κ3) is 3.19. The van der Waals surface area contributed by atoms with Gasteiger partial charge in [-0.25, -0.2) is 4.98 Å². The predicted octanol–water partition coefficient (Wildman–Crippen LogP) is 4.82. The van der Waals surface area contributed by atoms with E-state index in [1.165, 1.54) is 34.0 Å². The van der Waals surface area contributed by atoms with E-state index >= 15 is 0 Å². The summed E-state index contributed by atoms with van der Waals surface area (Å²) < 4.78 is 0. The lowest BCUT2D eigenvalue weighted by Crippen LogP contribution is -2.13. The molecule has 2 nitrogen and oxygen atoms in total. The summed E-state index contributed by atoms with van der Waals surface area (Å²) in [6.07, 6.45) is 2.44. The molecule has 1 saturated carbocycles. The van der Waals surface area contributed by atoms with Gasteiger partial charge in [-0.3, -0.25) is 0 Å². The zero-order chi connectivity index (χ0) is 14.9. The number of nitrogens with one attached hydrogen (secondary N) is 1. The minimum Gasteiger partial charge on any atom is -0.312 e. The van der Waals surface area contributed by atoms with Gasteiger partial charge < -0.3 is 5.32 Å². The maximum Gasteiger partial charge on any atom is 0.0972 e. The number of nitrogens with zero attached hydrogens (tertiary/aromatic N) is 1. The second-order valence-corrected chi connectivity index (χ2v) is 7.73. The van der Waals surface area contributed by atoms with Crippen LogP contribution in [0.3, 0.4) is 0 Å². The molecular weight excluding hydrogens is 276 g/mol. The van der Waals surface area contributed by atoms with Crippen molar-refractivity contribution in [3.63, 3.8) is 0 Å². The van der Waals surface area contributed by atoms with Crippen LogP contribution in [0.2, 0.25) is 0 Å². The van der Waals surface area contributed by atoms with Crippen molar-refractivity contribution < 1.29 is 0 Å². The van der Waals surface area contributed by atoms with Crippen molar-refractivity contribution in [1.82, 2.24) is 10.3 Å². The smallest absolute Gasteiger partial charge is 0.0972 e. The molecule has 0 saturated heterocycles. The van der Waals surface area contributed by atoms with Gasteiger partial charge in [0.1, 0.15) is 0 Å². The van der Waals surface area contributed by atoms with E-state index in [9.17, 15) is 0 Å². The van der Waals surface area contributed by atoms with Gasteiger partial charge >= 0.3 is 0 Å². The molecule has 3 rings (SSSR count). The average Bonchev–Trinajstić information content (AvgIpc) is 2.94. The van der Waals surface area contributed by atoms with Crippen LogP contribution >= 0.6 is 11.3 Å². The number of aromatic nitrogens is 1. The molecule has 3 heteroatoms. The van der Waals surface area contributed by atoms with E-state index < -0.39 is 0 Å². The van der Waals surface area contributed by atoms with Crippen LogP contribution in [0.15, 0.2) is 30.3 Å². The van der Waals surface area contributed by atoms with Crippen LogP contribution < -0.4 is 5.32 Å². The standard InChI is InChI=1S/C18H24N2S/c1-4-10-19-12-15-16(13-8-6-5-7-9-13)20-17(21-15)14-11-18(14,2)3/h5-9,14,19H,4,10-12H2,1-3H3. The Morgan fingerprint density at radius 2 is 2.00 bits per heavy atom. The highest BCUT2D eigenvalue weighted by Crippen LogP contribution is 2.59. The van der Waals surface area contributed by atoms with Crippen molar-refractivity contribution in [2.24, 2.45) is 5.41 Å². The van der Waals surface area contributed by atoms with E-state index in [0.29, 0.717) is 11.3 Å². The lowest BCUT2D eigenvalue weighted by Gasteiger charge is -2.03. The van der Waals surface area contributed by atoms with E-state index in [0.717, 1.165) is 13.1 Å². The Bertz CT molecular complexity index is 601. The van der Waals surface area contributed by atoms with Gasteiger partial charge in [0.15, 0.2) is 0 Å². The fourth-order valence-electron chi connectivity index (χ4n) is 2.73. The van der Waals surface area contributed by atoms with Crippen LogP contribution in [-0.4, -0.2) is 11.5 Å². The Kier molecular flexibility index (Phi) is 4.14. The van der Waals surface area contributed by atoms with E-state index in [4.69, 9.17) is 4.98 Å². The highest BCUT2D eigenvalue weighted by Gasteiger charge is 2.48. The Morgan fingerprint density at radius 1 is 1.29 bits per heavy atom. The Balaban J connectivity index is 1.89. The van der Waals surface area contributed by atoms with Crippen molar-refractivity contribution in [2.45, 2.75) is 46.1 Å². The number of hydrogen-bond donors (Lipinski definition) is 1. The molecule has 0 bridgehead atoms. The van der Waals surface area contributed by atoms with Crippen LogP contribution in [0, 0.1) is 5.41 Å². The van der Waals surface area contributed by atoms with Crippen LogP contribution in [0.4, 0.5) is 0 Å². The minimum absolute atomic E-state index is 0.444. The van der Waals surface area contributed by atoms with Gasteiger partial charge in [-0.05, 0) is 24.8 Å². The summed E-state index contributed by atoms with van der Waals surface area (Å²) >= 11 is 1.90. The third-order valence-corrected chi connectivity index (χ3v) is 5.45. The topological polar surface area (TPSA) is 24.9 Å². The first-order chi connectivity index (χ1) is 10.1. The molecule has 1 unspecified atom stereocenters. The second-order valence-electron chi connectivity index (χ2n) is 6.61. The molecule has 0 amide bonds. The Hall–Kier alpha value is -1.19. The van der Waals surface area contributed by atoms with Gasteiger partial charge in [-0.2, -0.15) is 0 Å². The summed E-state index contributed by atoms with van der Waals surface area (Å²) in [5, 5.41) is 4.85. The number of hydrogen-bond acceptors (Lipinski definition) is 3. The van der Waals surface area contributed by atoms with Crippen LogP contribution in [0.1, 0.15) is 49.4 Å². The molecule has 1 aliphatic rings. The summed E-state index contributed by atoms with van der Waals surface area (Å²) in [6, 6.07) is 10.6.